The second-order valence-electron chi connectivity index (χ2n) is 6.22. The van der Waals surface area contributed by atoms with E-state index in [4.69, 9.17) is 4.74 Å². The average Bonchev–Trinajstić information content (AvgIpc) is 2.52. The van der Waals surface area contributed by atoms with Gasteiger partial charge in [0.2, 0.25) is 0 Å². The molecule has 2 fully saturated rings. The van der Waals surface area contributed by atoms with Crippen LogP contribution in [-0.4, -0.2) is 80.3 Å². The summed E-state index contributed by atoms with van der Waals surface area (Å²) in [4.78, 5) is 7.64. The number of piperazine rings is 1. The zero-order chi connectivity index (χ0) is 15.1. The first kappa shape index (κ1) is 16.5. The van der Waals surface area contributed by atoms with E-state index in [0.29, 0.717) is 0 Å². The van der Waals surface area contributed by atoms with E-state index in [1.54, 1.807) is 0 Å². The predicted molar refractivity (Wildman–Crippen MR) is 88.5 cm³/mol. The molecule has 0 atom stereocenters. The second-order valence-corrected chi connectivity index (χ2v) is 6.22. The smallest absolute Gasteiger partial charge is 0.0594 e. The van der Waals surface area contributed by atoms with Gasteiger partial charge in [0.25, 0.3) is 0 Å². The van der Waals surface area contributed by atoms with Crippen LogP contribution < -0.4 is 0 Å². The van der Waals surface area contributed by atoms with Gasteiger partial charge in [-0.1, -0.05) is 11.6 Å². The van der Waals surface area contributed by atoms with E-state index in [9.17, 15) is 0 Å². The van der Waals surface area contributed by atoms with Crippen LogP contribution >= 0.6 is 0 Å². The third-order valence-corrected chi connectivity index (χ3v) is 4.31. The quantitative estimate of drug-likeness (QED) is 0.720. The molecule has 4 heteroatoms. The fourth-order valence-corrected chi connectivity index (χ4v) is 2.99. The van der Waals surface area contributed by atoms with E-state index in [1.165, 1.54) is 37.4 Å². The first-order valence-corrected chi connectivity index (χ1v) is 8.27. The number of morpholine rings is 1. The summed E-state index contributed by atoms with van der Waals surface area (Å²) in [7, 11) is 0. The minimum atomic E-state index is 0.904. The molecular formula is C17H31N3O. The fraction of sp³-hybridized carbons (Fsp3) is 0.765. The zero-order valence-corrected chi connectivity index (χ0v) is 14.0. The molecule has 0 aromatic carbocycles. The Morgan fingerprint density at radius 1 is 0.905 bits per heavy atom. The van der Waals surface area contributed by atoms with Crippen molar-refractivity contribution < 1.29 is 4.74 Å². The molecule has 0 amide bonds. The standard InChI is InChI=1S/C17H31N3O/c1-4-17(15-16(2)3)20-9-7-18(8-10-20)5-6-19-11-13-21-14-12-19/h4,15H,5-14H2,1-3H3/b17-4+. The minimum absolute atomic E-state index is 0.904. The van der Waals surface area contributed by atoms with Crippen molar-refractivity contribution in [2.45, 2.75) is 20.8 Å². The molecule has 0 aromatic rings. The molecule has 4 nitrogen and oxygen atoms in total. The molecule has 0 unspecified atom stereocenters. The SMILES string of the molecule is C/C=C(\C=C(C)C)N1CCN(CCN2CCOCC2)CC1. The molecule has 2 aliphatic heterocycles. The van der Waals surface area contributed by atoms with Crippen LogP contribution in [-0.2, 0) is 4.74 Å². The Hall–Kier alpha value is -0.840. The molecule has 0 saturated carbocycles. The lowest BCUT2D eigenvalue weighted by Gasteiger charge is -2.38. The van der Waals surface area contributed by atoms with E-state index < -0.39 is 0 Å². The van der Waals surface area contributed by atoms with E-state index in [-0.39, 0.29) is 0 Å². The first-order valence-electron chi connectivity index (χ1n) is 8.27. The summed E-state index contributed by atoms with van der Waals surface area (Å²) in [6.07, 6.45) is 4.53. The highest BCUT2D eigenvalue weighted by Crippen LogP contribution is 2.13. The van der Waals surface area contributed by atoms with Crippen LogP contribution in [0.1, 0.15) is 20.8 Å². The van der Waals surface area contributed by atoms with Gasteiger partial charge in [-0.25, -0.2) is 0 Å². The average molecular weight is 293 g/mol. The monoisotopic (exact) mass is 293 g/mol. The van der Waals surface area contributed by atoms with Gasteiger partial charge in [-0.3, -0.25) is 9.80 Å². The van der Waals surface area contributed by atoms with Crippen molar-refractivity contribution in [2.24, 2.45) is 0 Å². The van der Waals surface area contributed by atoms with Crippen molar-refractivity contribution >= 4 is 0 Å². The summed E-state index contributed by atoms with van der Waals surface area (Å²) in [6.45, 7) is 17.5. The van der Waals surface area contributed by atoms with Gasteiger partial charge in [0.05, 0.1) is 13.2 Å². The molecule has 0 N–H and O–H groups in total. The molecule has 2 aliphatic rings. The van der Waals surface area contributed by atoms with E-state index >= 15 is 0 Å². The molecule has 0 spiro atoms. The molecule has 0 bridgehead atoms. The largest absolute Gasteiger partial charge is 0.379 e. The van der Waals surface area contributed by atoms with Crippen LogP contribution in [0, 0.1) is 0 Å². The number of hydrogen-bond acceptors (Lipinski definition) is 4. The van der Waals surface area contributed by atoms with Crippen molar-refractivity contribution in [1.29, 1.82) is 0 Å². The Bertz CT molecular complexity index is 360. The second kappa shape index (κ2) is 8.57. The lowest BCUT2D eigenvalue weighted by Crippen LogP contribution is -2.48. The fourth-order valence-electron chi connectivity index (χ4n) is 2.99. The van der Waals surface area contributed by atoms with Crippen LogP contribution in [0.15, 0.2) is 23.4 Å². The summed E-state index contributed by atoms with van der Waals surface area (Å²) in [5.41, 5.74) is 2.75. The zero-order valence-electron chi connectivity index (χ0n) is 14.0. The molecule has 0 radical (unpaired) electrons. The Balaban J connectivity index is 1.71. The highest BCUT2D eigenvalue weighted by Gasteiger charge is 2.18. The maximum Gasteiger partial charge on any atom is 0.0594 e. The predicted octanol–water partition coefficient (Wildman–Crippen LogP) is 1.81. The Morgan fingerprint density at radius 2 is 1.48 bits per heavy atom. The van der Waals surface area contributed by atoms with E-state index in [1.807, 2.05) is 0 Å². The highest BCUT2D eigenvalue weighted by molar-refractivity contribution is 5.20. The van der Waals surface area contributed by atoms with Crippen molar-refractivity contribution in [2.75, 3.05) is 65.6 Å². The highest BCUT2D eigenvalue weighted by atomic mass is 16.5. The van der Waals surface area contributed by atoms with Gasteiger partial charge >= 0.3 is 0 Å². The molecule has 2 heterocycles. The number of nitrogens with zero attached hydrogens (tertiary/aromatic N) is 3. The number of rotatable bonds is 5. The molecule has 2 rings (SSSR count). The summed E-state index contributed by atoms with van der Waals surface area (Å²) in [6, 6.07) is 0. The van der Waals surface area contributed by atoms with Gasteiger partial charge in [-0.15, -0.1) is 0 Å². The molecule has 21 heavy (non-hydrogen) atoms. The van der Waals surface area contributed by atoms with Gasteiger partial charge in [0, 0.05) is 58.1 Å². The first-order chi connectivity index (χ1) is 10.2. The number of hydrogen-bond donors (Lipinski definition) is 0. The third kappa shape index (κ3) is 5.46. The Morgan fingerprint density at radius 3 is 2.00 bits per heavy atom. The topological polar surface area (TPSA) is 19.0 Å². The van der Waals surface area contributed by atoms with Crippen molar-refractivity contribution in [3.8, 4) is 0 Å². The lowest BCUT2D eigenvalue weighted by molar-refractivity contribution is 0.0309. The molecular weight excluding hydrogens is 262 g/mol. The van der Waals surface area contributed by atoms with Gasteiger partial charge in [0.15, 0.2) is 0 Å². The van der Waals surface area contributed by atoms with Gasteiger partial charge in [-0.2, -0.15) is 0 Å². The maximum atomic E-state index is 5.40. The van der Waals surface area contributed by atoms with E-state index in [0.717, 1.165) is 39.4 Å². The summed E-state index contributed by atoms with van der Waals surface area (Å²) in [5.74, 6) is 0. The normalized spacial score (nSPS) is 22.4. The van der Waals surface area contributed by atoms with Crippen molar-refractivity contribution in [3.63, 3.8) is 0 Å². The molecule has 0 aliphatic carbocycles. The maximum absolute atomic E-state index is 5.40. The summed E-state index contributed by atoms with van der Waals surface area (Å²) < 4.78 is 5.40. The third-order valence-electron chi connectivity index (χ3n) is 4.31. The van der Waals surface area contributed by atoms with Crippen LogP contribution in [0.25, 0.3) is 0 Å². The Labute approximate surface area is 130 Å². The minimum Gasteiger partial charge on any atom is -0.379 e. The van der Waals surface area contributed by atoms with Crippen molar-refractivity contribution in [3.05, 3.63) is 23.4 Å². The summed E-state index contributed by atoms with van der Waals surface area (Å²) >= 11 is 0. The van der Waals surface area contributed by atoms with Crippen LogP contribution in [0.4, 0.5) is 0 Å². The van der Waals surface area contributed by atoms with Crippen LogP contribution in [0.5, 0.6) is 0 Å². The molecule has 120 valence electrons. The van der Waals surface area contributed by atoms with Gasteiger partial charge in [0.1, 0.15) is 0 Å². The lowest BCUT2D eigenvalue weighted by atomic mass is 10.2. The van der Waals surface area contributed by atoms with Gasteiger partial charge < -0.3 is 9.64 Å². The van der Waals surface area contributed by atoms with Gasteiger partial charge in [-0.05, 0) is 26.8 Å². The number of allylic oxidation sites excluding steroid dienone is 3. The van der Waals surface area contributed by atoms with Crippen LogP contribution in [0.3, 0.4) is 0 Å². The molecule has 0 aromatic heterocycles. The number of ether oxygens (including phenoxy) is 1. The van der Waals surface area contributed by atoms with E-state index in [2.05, 4.69) is 47.6 Å². The van der Waals surface area contributed by atoms with Crippen molar-refractivity contribution in [1.82, 2.24) is 14.7 Å². The Kier molecular flexibility index (Phi) is 6.74. The molecule has 2 saturated heterocycles. The van der Waals surface area contributed by atoms with Crippen LogP contribution in [0.2, 0.25) is 0 Å². The summed E-state index contributed by atoms with van der Waals surface area (Å²) in [5, 5.41) is 0.